The molecule has 3 aliphatic rings. The van der Waals surface area contributed by atoms with E-state index in [1.165, 1.54) is 24.8 Å². The van der Waals surface area contributed by atoms with Crippen LogP contribution in [0.2, 0.25) is 0 Å². The van der Waals surface area contributed by atoms with Crippen LogP contribution in [-0.4, -0.2) is 73.5 Å². The monoisotopic (exact) mass is 426 g/mol. The van der Waals surface area contributed by atoms with Gasteiger partial charge in [-0.25, -0.2) is 9.98 Å². The van der Waals surface area contributed by atoms with Gasteiger partial charge in [0.15, 0.2) is 5.84 Å². The van der Waals surface area contributed by atoms with Crippen molar-refractivity contribution in [2.75, 3.05) is 39.8 Å². The Morgan fingerprint density at radius 2 is 1.90 bits per heavy atom. The number of hydrogen-bond acceptors (Lipinski definition) is 4. The number of aliphatic imine (C=N–C) groups is 2. The normalized spacial score (nSPS) is 24.3. The summed E-state index contributed by atoms with van der Waals surface area (Å²) < 4.78 is 0. The molecule has 0 aromatic carbocycles. The van der Waals surface area contributed by atoms with E-state index >= 15 is 0 Å². The first-order valence-electron chi connectivity index (χ1n) is 12.0. The van der Waals surface area contributed by atoms with E-state index in [4.69, 9.17) is 10.7 Å². The van der Waals surface area contributed by atoms with Crippen LogP contribution in [0, 0.1) is 5.92 Å². The van der Waals surface area contributed by atoms with Gasteiger partial charge in [-0.05, 0) is 53.1 Å². The van der Waals surface area contributed by atoms with Crippen molar-refractivity contribution >= 4 is 11.7 Å². The van der Waals surface area contributed by atoms with Crippen LogP contribution in [0.5, 0.6) is 0 Å². The maximum absolute atomic E-state index is 6.00. The summed E-state index contributed by atoms with van der Waals surface area (Å²) in [6.45, 7) is 13.8. The third-order valence-electron chi connectivity index (χ3n) is 6.35. The van der Waals surface area contributed by atoms with Crippen LogP contribution in [0.1, 0.15) is 53.4 Å². The lowest BCUT2D eigenvalue weighted by molar-refractivity contribution is 0.122. The summed E-state index contributed by atoms with van der Waals surface area (Å²) in [5.41, 5.74) is 10.2. The molecular weight excluding hydrogens is 384 g/mol. The molecule has 0 aromatic heterocycles. The maximum Gasteiger partial charge on any atom is 0.158 e. The van der Waals surface area contributed by atoms with Gasteiger partial charge in [0, 0.05) is 43.7 Å². The Balaban J connectivity index is 1.72. The average Bonchev–Trinajstić information content (AvgIpc) is 3.49. The SMILES string of the molecule is CC(N)=NC(=N[C@@H](C)N1CCN(C)CC1)C1=CC=C2CC2C(CCCCNC(C)C)=C1. The first-order valence-corrected chi connectivity index (χ1v) is 12.0. The molecule has 3 rings (SSSR count). The van der Waals surface area contributed by atoms with Gasteiger partial charge in [-0.15, -0.1) is 0 Å². The fourth-order valence-corrected chi connectivity index (χ4v) is 4.30. The van der Waals surface area contributed by atoms with E-state index in [0.29, 0.717) is 17.8 Å². The molecule has 1 unspecified atom stereocenters. The Morgan fingerprint density at radius 1 is 1.16 bits per heavy atom. The van der Waals surface area contributed by atoms with Crippen LogP contribution in [0.3, 0.4) is 0 Å². The molecular formula is C25H42N6. The van der Waals surface area contributed by atoms with Crippen molar-refractivity contribution < 1.29 is 0 Å². The summed E-state index contributed by atoms with van der Waals surface area (Å²) in [4.78, 5) is 14.5. The minimum Gasteiger partial charge on any atom is -0.387 e. The molecule has 6 heteroatoms. The Kier molecular flexibility index (Phi) is 8.64. The van der Waals surface area contributed by atoms with Crippen molar-refractivity contribution in [2.45, 2.75) is 65.6 Å². The number of unbranched alkanes of at least 4 members (excludes halogenated alkanes) is 1. The predicted octanol–water partition coefficient (Wildman–Crippen LogP) is 3.34. The summed E-state index contributed by atoms with van der Waals surface area (Å²) in [6, 6.07) is 0.558. The zero-order valence-electron chi connectivity index (χ0n) is 20.2. The second-order valence-electron chi connectivity index (χ2n) is 9.58. The van der Waals surface area contributed by atoms with Crippen molar-refractivity contribution in [3.63, 3.8) is 0 Å². The highest BCUT2D eigenvalue weighted by Crippen LogP contribution is 2.47. The molecule has 2 aliphatic carbocycles. The first kappa shape index (κ1) is 23.9. The zero-order valence-corrected chi connectivity index (χ0v) is 20.2. The van der Waals surface area contributed by atoms with E-state index < -0.39 is 0 Å². The topological polar surface area (TPSA) is 69.2 Å². The number of rotatable bonds is 9. The second kappa shape index (κ2) is 11.2. The molecule has 3 N–H and O–H groups in total. The number of hydrogen-bond donors (Lipinski definition) is 2. The van der Waals surface area contributed by atoms with E-state index in [9.17, 15) is 0 Å². The second-order valence-corrected chi connectivity index (χ2v) is 9.58. The molecule has 0 aromatic rings. The van der Waals surface area contributed by atoms with Crippen LogP contribution in [0.25, 0.3) is 0 Å². The number of piperazine rings is 1. The molecule has 31 heavy (non-hydrogen) atoms. The smallest absolute Gasteiger partial charge is 0.158 e. The number of amidine groups is 2. The molecule has 6 nitrogen and oxygen atoms in total. The molecule has 1 aliphatic heterocycles. The van der Waals surface area contributed by atoms with Crippen LogP contribution < -0.4 is 11.1 Å². The summed E-state index contributed by atoms with van der Waals surface area (Å²) >= 11 is 0. The molecule has 0 bridgehead atoms. The van der Waals surface area contributed by atoms with Gasteiger partial charge in [-0.1, -0.05) is 43.2 Å². The van der Waals surface area contributed by atoms with Gasteiger partial charge < -0.3 is 16.0 Å². The van der Waals surface area contributed by atoms with Gasteiger partial charge in [-0.2, -0.15) is 0 Å². The molecule has 1 saturated heterocycles. The van der Waals surface area contributed by atoms with E-state index in [1.807, 2.05) is 6.92 Å². The minimum absolute atomic E-state index is 0.0945. The van der Waals surface area contributed by atoms with E-state index in [0.717, 1.165) is 50.6 Å². The van der Waals surface area contributed by atoms with Gasteiger partial charge in [0.1, 0.15) is 6.17 Å². The summed E-state index contributed by atoms with van der Waals surface area (Å²) in [6.07, 6.45) is 11.7. The van der Waals surface area contributed by atoms with E-state index in [-0.39, 0.29) is 6.17 Å². The van der Waals surface area contributed by atoms with E-state index in [2.05, 4.69) is 66.2 Å². The van der Waals surface area contributed by atoms with Crippen LogP contribution in [-0.2, 0) is 0 Å². The highest BCUT2D eigenvalue weighted by molar-refractivity contribution is 6.07. The lowest BCUT2D eigenvalue weighted by atomic mass is 10.0. The quantitative estimate of drug-likeness (QED) is 0.337. The number of nitrogens with zero attached hydrogens (tertiary/aromatic N) is 4. The number of fused-ring (bicyclic) bond motifs is 1. The van der Waals surface area contributed by atoms with Gasteiger partial charge in [0.2, 0.25) is 0 Å². The van der Waals surface area contributed by atoms with Crippen molar-refractivity contribution in [1.29, 1.82) is 0 Å². The largest absolute Gasteiger partial charge is 0.387 e. The molecule has 1 heterocycles. The predicted molar refractivity (Wildman–Crippen MR) is 133 cm³/mol. The Bertz CT molecular complexity index is 761. The highest BCUT2D eigenvalue weighted by Gasteiger charge is 2.33. The van der Waals surface area contributed by atoms with Crippen molar-refractivity contribution in [1.82, 2.24) is 15.1 Å². The lowest BCUT2D eigenvalue weighted by Crippen LogP contribution is -2.47. The zero-order chi connectivity index (χ0) is 22.4. The summed E-state index contributed by atoms with van der Waals surface area (Å²) in [7, 11) is 2.18. The fraction of sp³-hybridized carbons (Fsp3) is 0.680. The van der Waals surface area contributed by atoms with Crippen molar-refractivity contribution in [3.8, 4) is 0 Å². The molecule has 2 atom stereocenters. The Labute approximate surface area is 189 Å². The molecule has 0 radical (unpaired) electrons. The lowest BCUT2D eigenvalue weighted by Gasteiger charge is -2.34. The average molecular weight is 427 g/mol. The van der Waals surface area contributed by atoms with Gasteiger partial charge >= 0.3 is 0 Å². The third-order valence-corrected chi connectivity index (χ3v) is 6.35. The van der Waals surface area contributed by atoms with Gasteiger partial charge in [-0.3, -0.25) is 4.90 Å². The third kappa shape index (κ3) is 7.41. The minimum atomic E-state index is 0.0945. The Morgan fingerprint density at radius 3 is 2.58 bits per heavy atom. The number of nitrogens with one attached hydrogen (secondary N) is 1. The molecule has 2 fully saturated rings. The van der Waals surface area contributed by atoms with Gasteiger partial charge in [0.25, 0.3) is 0 Å². The molecule has 1 saturated carbocycles. The number of nitrogens with two attached hydrogens (primary N) is 1. The Hall–Kier alpha value is -1.76. The number of likely N-dealkylation sites (N-methyl/N-ethyl adjacent to an activating group) is 1. The van der Waals surface area contributed by atoms with Crippen LogP contribution >= 0.6 is 0 Å². The summed E-state index contributed by atoms with van der Waals surface area (Å²) in [5, 5.41) is 3.52. The number of allylic oxidation sites excluding steroid dienone is 4. The molecule has 172 valence electrons. The van der Waals surface area contributed by atoms with Crippen molar-refractivity contribution in [3.05, 3.63) is 34.9 Å². The van der Waals surface area contributed by atoms with Crippen LogP contribution in [0.15, 0.2) is 44.9 Å². The first-order chi connectivity index (χ1) is 14.8. The van der Waals surface area contributed by atoms with Crippen molar-refractivity contribution in [2.24, 2.45) is 21.6 Å². The summed E-state index contributed by atoms with van der Waals surface area (Å²) in [5.74, 6) is 1.96. The maximum atomic E-state index is 6.00. The van der Waals surface area contributed by atoms with Crippen LogP contribution in [0.4, 0.5) is 0 Å². The van der Waals surface area contributed by atoms with E-state index in [1.54, 1.807) is 5.57 Å². The standard InChI is InChI=1S/C25H42N6/c1-18(2)27-11-7-6-8-21-16-23(10-9-22-17-24(21)22)25(28-19(3)26)29-20(4)31-14-12-30(5)13-15-31/h9-10,16,18,20,24,27H,6-8,11-15,17H2,1-5H3,(H2,26,28,29)/t20-,24?/m1/s1. The molecule has 0 amide bonds. The highest BCUT2D eigenvalue weighted by atomic mass is 15.3. The molecule has 0 spiro atoms. The fourth-order valence-electron chi connectivity index (χ4n) is 4.30. The van der Waals surface area contributed by atoms with Gasteiger partial charge in [0.05, 0.1) is 5.84 Å².